The number of nitrogens with zero attached hydrogens (tertiary/aromatic N) is 1. The zero-order valence-electron chi connectivity index (χ0n) is 16.4. The fourth-order valence-electron chi connectivity index (χ4n) is 3.66. The number of hydrogen-bond acceptors (Lipinski definition) is 2. The molecule has 2 amide bonds. The lowest BCUT2D eigenvalue weighted by Crippen LogP contribution is -2.31. The number of hydrogen-bond donors (Lipinski definition) is 1. The number of carbonyl (C=O) groups excluding carboxylic acids is 2. The molecule has 1 heterocycles. The predicted molar refractivity (Wildman–Crippen MR) is 104 cm³/mol. The summed E-state index contributed by atoms with van der Waals surface area (Å²) in [5, 5.41) is 3.02. The average Bonchev–Trinajstić information content (AvgIpc) is 3.35. The van der Waals surface area contributed by atoms with Crippen LogP contribution in [0.25, 0.3) is 0 Å². The molecule has 1 aromatic rings. The van der Waals surface area contributed by atoms with Gasteiger partial charge in [0.2, 0.25) is 11.8 Å². The maximum atomic E-state index is 12.1. The van der Waals surface area contributed by atoms with Crippen molar-refractivity contribution in [3.05, 3.63) is 35.4 Å². The molecular formula is C22H32N2O2. The highest BCUT2D eigenvalue weighted by atomic mass is 16.2. The molecule has 3 rings (SSSR count). The van der Waals surface area contributed by atoms with E-state index in [1.54, 1.807) is 0 Å². The van der Waals surface area contributed by atoms with Crippen molar-refractivity contribution in [2.24, 2.45) is 5.92 Å². The van der Waals surface area contributed by atoms with Crippen molar-refractivity contribution in [3.63, 3.8) is 0 Å². The quantitative estimate of drug-likeness (QED) is 0.814. The average molecular weight is 357 g/mol. The third kappa shape index (κ3) is 5.09. The zero-order chi connectivity index (χ0) is 18.7. The van der Waals surface area contributed by atoms with E-state index in [4.69, 9.17) is 0 Å². The lowest BCUT2D eigenvalue weighted by molar-refractivity contribution is -0.128. The van der Waals surface area contributed by atoms with Gasteiger partial charge >= 0.3 is 0 Å². The van der Waals surface area contributed by atoms with Crippen LogP contribution < -0.4 is 5.32 Å². The predicted octanol–water partition coefficient (Wildman–Crippen LogP) is 3.43. The molecule has 26 heavy (non-hydrogen) atoms. The summed E-state index contributed by atoms with van der Waals surface area (Å²) in [7, 11) is 0. The molecule has 0 aromatic heterocycles. The smallest absolute Gasteiger partial charge is 0.223 e. The van der Waals surface area contributed by atoms with Crippen molar-refractivity contribution in [2.75, 3.05) is 13.1 Å². The Kier molecular flexibility index (Phi) is 5.69. The topological polar surface area (TPSA) is 49.4 Å². The van der Waals surface area contributed by atoms with Gasteiger partial charge in [0, 0.05) is 37.9 Å². The molecular weight excluding hydrogens is 324 g/mol. The molecule has 4 heteroatoms. The van der Waals surface area contributed by atoms with Gasteiger partial charge in [0.1, 0.15) is 0 Å². The Labute approximate surface area is 157 Å². The van der Waals surface area contributed by atoms with E-state index in [-0.39, 0.29) is 23.1 Å². The van der Waals surface area contributed by atoms with Crippen LogP contribution >= 0.6 is 0 Å². The molecule has 2 aliphatic rings. The minimum atomic E-state index is 0.105. The van der Waals surface area contributed by atoms with Gasteiger partial charge in [0.05, 0.1) is 0 Å². The fourth-order valence-corrected chi connectivity index (χ4v) is 3.66. The fraction of sp³-hybridized carbons (Fsp3) is 0.636. The van der Waals surface area contributed by atoms with E-state index in [0.717, 1.165) is 32.2 Å². The Balaban J connectivity index is 1.33. The van der Waals surface area contributed by atoms with Gasteiger partial charge in [0.25, 0.3) is 0 Å². The Morgan fingerprint density at radius 1 is 1.19 bits per heavy atom. The van der Waals surface area contributed by atoms with E-state index in [9.17, 15) is 9.59 Å². The van der Waals surface area contributed by atoms with Crippen LogP contribution in [-0.2, 0) is 21.4 Å². The first-order chi connectivity index (χ1) is 12.3. The van der Waals surface area contributed by atoms with Gasteiger partial charge in [-0.25, -0.2) is 0 Å². The molecule has 1 aromatic carbocycles. The van der Waals surface area contributed by atoms with Crippen LogP contribution in [0.15, 0.2) is 24.3 Å². The number of aryl methyl sites for hydroxylation is 1. The summed E-state index contributed by atoms with van der Waals surface area (Å²) in [6.07, 6.45) is 5.24. The van der Waals surface area contributed by atoms with Crippen molar-refractivity contribution >= 4 is 11.8 Å². The molecule has 1 atom stereocenters. The van der Waals surface area contributed by atoms with Crippen LogP contribution in [0.5, 0.6) is 0 Å². The number of amides is 2. The maximum absolute atomic E-state index is 12.1. The second kappa shape index (κ2) is 7.81. The van der Waals surface area contributed by atoms with E-state index < -0.39 is 0 Å². The summed E-state index contributed by atoms with van der Waals surface area (Å²) >= 11 is 0. The maximum Gasteiger partial charge on any atom is 0.223 e. The highest BCUT2D eigenvalue weighted by Crippen LogP contribution is 2.32. The van der Waals surface area contributed by atoms with E-state index >= 15 is 0 Å². The van der Waals surface area contributed by atoms with Gasteiger partial charge in [-0.3, -0.25) is 9.59 Å². The van der Waals surface area contributed by atoms with Crippen molar-refractivity contribution in [3.8, 4) is 0 Å². The molecule has 1 saturated heterocycles. The lowest BCUT2D eigenvalue weighted by Gasteiger charge is -2.19. The summed E-state index contributed by atoms with van der Waals surface area (Å²) in [4.78, 5) is 26.0. The number of likely N-dealkylation sites (tertiary alicyclic amines) is 1. The van der Waals surface area contributed by atoms with E-state index in [2.05, 4.69) is 50.4 Å². The van der Waals surface area contributed by atoms with Crippen molar-refractivity contribution in [1.29, 1.82) is 0 Å². The number of carbonyl (C=O) groups is 2. The Morgan fingerprint density at radius 2 is 1.88 bits per heavy atom. The summed E-state index contributed by atoms with van der Waals surface area (Å²) in [5.41, 5.74) is 2.80. The number of benzene rings is 1. The van der Waals surface area contributed by atoms with Crippen LogP contribution in [0.2, 0.25) is 0 Å². The molecule has 1 aliphatic carbocycles. The molecule has 1 N–H and O–H groups in total. The van der Waals surface area contributed by atoms with Gasteiger partial charge in [-0.2, -0.15) is 0 Å². The SMILES string of the molecule is CC(C)(C)c1ccc(CCCC(=O)NC[C@H]2CC(=O)N(C3CC3)C2)cc1. The summed E-state index contributed by atoms with van der Waals surface area (Å²) in [5.74, 6) is 0.663. The summed E-state index contributed by atoms with van der Waals surface area (Å²) in [6.45, 7) is 8.11. The normalized spacial score (nSPS) is 20.5. The minimum Gasteiger partial charge on any atom is -0.356 e. The molecule has 0 bridgehead atoms. The molecule has 142 valence electrons. The van der Waals surface area contributed by atoms with E-state index in [1.807, 2.05) is 4.90 Å². The largest absolute Gasteiger partial charge is 0.356 e. The standard InChI is InChI=1S/C22H32N2O2/c1-22(2,3)18-9-7-16(8-10-18)5-4-6-20(25)23-14-17-13-21(26)24(15-17)19-11-12-19/h7-10,17,19H,4-6,11-15H2,1-3H3,(H,23,25)/t17-/m1/s1. The summed E-state index contributed by atoms with van der Waals surface area (Å²) in [6, 6.07) is 9.23. The minimum absolute atomic E-state index is 0.105. The van der Waals surface area contributed by atoms with Crippen LogP contribution in [0, 0.1) is 5.92 Å². The van der Waals surface area contributed by atoms with Crippen LogP contribution in [0.1, 0.15) is 64.0 Å². The Morgan fingerprint density at radius 3 is 2.50 bits per heavy atom. The van der Waals surface area contributed by atoms with Crippen LogP contribution in [0.3, 0.4) is 0 Å². The highest BCUT2D eigenvalue weighted by Gasteiger charge is 2.39. The van der Waals surface area contributed by atoms with Gasteiger partial charge in [-0.15, -0.1) is 0 Å². The lowest BCUT2D eigenvalue weighted by atomic mass is 9.86. The second-order valence-electron chi connectivity index (χ2n) is 8.95. The number of nitrogens with one attached hydrogen (secondary N) is 1. The molecule has 4 nitrogen and oxygen atoms in total. The summed E-state index contributed by atoms with van der Waals surface area (Å²) < 4.78 is 0. The Bertz CT molecular complexity index is 641. The van der Waals surface area contributed by atoms with Gasteiger partial charge in [-0.1, -0.05) is 45.0 Å². The third-order valence-electron chi connectivity index (χ3n) is 5.50. The monoisotopic (exact) mass is 356 g/mol. The number of rotatable bonds is 7. The van der Waals surface area contributed by atoms with Crippen molar-refractivity contribution in [1.82, 2.24) is 10.2 Å². The van der Waals surface area contributed by atoms with Gasteiger partial charge in [-0.05, 0) is 42.2 Å². The van der Waals surface area contributed by atoms with E-state index in [0.29, 0.717) is 25.4 Å². The van der Waals surface area contributed by atoms with Crippen molar-refractivity contribution < 1.29 is 9.59 Å². The third-order valence-corrected chi connectivity index (χ3v) is 5.50. The van der Waals surface area contributed by atoms with Crippen LogP contribution in [0.4, 0.5) is 0 Å². The molecule has 0 radical (unpaired) electrons. The first-order valence-corrected chi connectivity index (χ1v) is 9.98. The first-order valence-electron chi connectivity index (χ1n) is 9.98. The van der Waals surface area contributed by atoms with Crippen LogP contribution in [-0.4, -0.2) is 35.8 Å². The van der Waals surface area contributed by atoms with Gasteiger partial charge in [0.15, 0.2) is 0 Å². The molecule has 0 unspecified atom stereocenters. The second-order valence-corrected chi connectivity index (χ2v) is 8.95. The molecule has 1 aliphatic heterocycles. The molecule has 1 saturated carbocycles. The Hall–Kier alpha value is -1.84. The molecule has 2 fully saturated rings. The molecule has 0 spiro atoms. The van der Waals surface area contributed by atoms with Crippen molar-refractivity contribution in [2.45, 2.75) is 70.8 Å². The van der Waals surface area contributed by atoms with E-state index in [1.165, 1.54) is 11.1 Å². The highest BCUT2D eigenvalue weighted by molar-refractivity contribution is 5.80. The first kappa shape index (κ1) is 18.9. The zero-order valence-corrected chi connectivity index (χ0v) is 16.4. The van der Waals surface area contributed by atoms with Gasteiger partial charge < -0.3 is 10.2 Å².